The molecule has 1 saturated heterocycles. The van der Waals surface area contributed by atoms with Crippen molar-refractivity contribution in [3.8, 4) is 28.5 Å². The van der Waals surface area contributed by atoms with E-state index in [4.69, 9.17) is 21.1 Å². The third kappa shape index (κ3) is 6.33. The molecule has 0 atom stereocenters. The van der Waals surface area contributed by atoms with Crippen LogP contribution in [0, 0.1) is 10.8 Å². The van der Waals surface area contributed by atoms with Crippen LogP contribution in [0.1, 0.15) is 39.2 Å². The summed E-state index contributed by atoms with van der Waals surface area (Å²) in [4.78, 5) is 35.7. The number of alkyl halides is 3. The van der Waals surface area contributed by atoms with Crippen LogP contribution >= 0.6 is 11.6 Å². The van der Waals surface area contributed by atoms with Gasteiger partial charge in [0.05, 0.1) is 30.3 Å². The van der Waals surface area contributed by atoms with Crippen molar-refractivity contribution >= 4 is 17.4 Å². The summed E-state index contributed by atoms with van der Waals surface area (Å²) in [5.74, 6) is 0.0698. The molecular formula is C28H29ClF3N3O4. The monoisotopic (exact) mass is 563 g/mol. The van der Waals surface area contributed by atoms with Crippen LogP contribution in [-0.2, 0) is 16.0 Å². The lowest BCUT2D eigenvalue weighted by molar-refractivity contribution is -0.210. The minimum Gasteiger partial charge on any atom is -0.493 e. The topological polar surface area (TPSA) is 94.2 Å². The average molecular weight is 564 g/mol. The van der Waals surface area contributed by atoms with E-state index >= 15 is 0 Å². The highest BCUT2D eigenvalue weighted by molar-refractivity contribution is 6.33. The van der Waals surface area contributed by atoms with Gasteiger partial charge in [0.2, 0.25) is 0 Å². The van der Waals surface area contributed by atoms with E-state index in [2.05, 4.69) is 21.9 Å². The molecule has 0 unspecified atom stereocenters. The largest absolute Gasteiger partial charge is 0.493 e. The number of carbonyl (C=O) groups is 1. The van der Waals surface area contributed by atoms with E-state index in [1.807, 2.05) is 0 Å². The molecule has 1 N–H and O–H groups in total. The maximum absolute atomic E-state index is 13.2. The van der Waals surface area contributed by atoms with Gasteiger partial charge in [0.15, 0.2) is 5.82 Å². The molecule has 0 aliphatic carbocycles. The molecule has 208 valence electrons. The van der Waals surface area contributed by atoms with E-state index in [0.29, 0.717) is 42.3 Å². The first-order valence-corrected chi connectivity index (χ1v) is 12.9. The van der Waals surface area contributed by atoms with Crippen molar-refractivity contribution in [3.05, 3.63) is 63.5 Å². The smallest absolute Gasteiger partial charge is 0.400 e. The number of aromatic nitrogens is 3. The summed E-state index contributed by atoms with van der Waals surface area (Å²) >= 11 is 6.37. The van der Waals surface area contributed by atoms with Crippen LogP contribution in [0.3, 0.4) is 0 Å². The summed E-state index contributed by atoms with van der Waals surface area (Å²) in [5, 5.41) is 0.273. The molecule has 0 radical (unpaired) electrons. The van der Waals surface area contributed by atoms with Crippen LogP contribution in [0.15, 0.2) is 47.3 Å². The van der Waals surface area contributed by atoms with E-state index in [0.717, 1.165) is 20.3 Å². The number of hydrogen-bond donors (Lipinski definition) is 1. The molecule has 1 fully saturated rings. The van der Waals surface area contributed by atoms with Crippen LogP contribution in [0.2, 0.25) is 5.02 Å². The molecule has 7 nitrogen and oxygen atoms in total. The highest BCUT2D eigenvalue weighted by Gasteiger charge is 2.51. The highest BCUT2D eigenvalue weighted by atomic mass is 35.5. The minimum atomic E-state index is -4.64. The van der Waals surface area contributed by atoms with Gasteiger partial charge in [0, 0.05) is 17.5 Å². The van der Waals surface area contributed by atoms with Gasteiger partial charge in [-0.15, -0.1) is 0 Å². The molecular weight excluding hydrogens is 535 g/mol. The Morgan fingerprint density at radius 2 is 1.82 bits per heavy atom. The molecule has 1 aliphatic heterocycles. The third-order valence-corrected chi connectivity index (χ3v) is 7.54. The Bertz CT molecular complexity index is 1390. The van der Waals surface area contributed by atoms with Crippen molar-refractivity contribution in [2.75, 3.05) is 19.8 Å². The van der Waals surface area contributed by atoms with Crippen molar-refractivity contribution in [2.45, 2.75) is 46.2 Å². The quantitative estimate of drug-likeness (QED) is 0.323. The summed E-state index contributed by atoms with van der Waals surface area (Å²) < 4.78 is 50.9. The van der Waals surface area contributed by atoms with Gasteiger partial charge in [0.1, 0.15) is 22.8 Å². The first kappa shape index (κ1) is 28.8. The Morgan fingerprint density at radius 1 is 1.13 bits per heavy atom. The Kier molecular flexibility index (Phi) is 8.18. The van der Waals surface area contributed by atoms with Gasteiger partial charge in [-0.3, -0.25) is 9.78 Å². The zero-order chi connectivity index (χ0) is 28.4. The molecule has 1 aromatic heterocycles. The summed E-state index contributed by atoms with van der Waals surface area (Å²) in [7, 11) is 0. The van der Waals surface area contributed by atoms with E-state index < -0.39 is 23.1 Å². The Hall–Kier alpha value is -3.24. The number of rotatable bonds is 10. The van der Waals surface area contributed by atoms with E-state index in [9.17, 15) is 22.8 Å². The molecule has 39 heavy (non-hydrogen) atoms. The number of nitrogens with one attached hydrogen (secondary N) is 1. The Labute approximate surface area is 228 Å². The van der Waals surface area contributed by atoms with Gasteiger partial charge >= 0.3 is 11.9 Å². The van der Waals surface area contributed by atoms with Crippen molar-refractivity contribution < 1.29 is 27.4 Å². The van der Waals surface area contributed by atoms with E-state index in [1.165, 1.54) is 0 Å². The maximum Gasteiger partial charge on any atom is 0.400 e. The van der Waals surface area contributed by atoms with Gasteiger partial charge in [0.25, 0.3) is 0 Å². The predicted octanol–water partition coefficient (Wildman–Crippen LogP) is 6.05. The number of H-pyrrole nitrogens is 1. The number of halogens is 4. The van der Waals surface area contributed by atoms with Crippen molar-refractivity contribution in [3.63, 3.8) is 0 Å². The molecule has 11 heteroatoms. The maximum atomic E-state index is 13.2. The molecule has 3 aromatic rings. The molecule has 4 rings (SSSR count). The number of aromatic amines is 1. The standard InChI is InChI=1S/C28H29ClF3N3O4/c1-4-27(14-38-15-27)16-39-19-9-7-18(8-10-19)23-33-24(35-25(37)34-23)20-13-17(5-11-21(20)29)6-12-22(36)26(2,3)28(30,31)32/h5,7-11,13H,4,6,12,14-16H2,1-3H3,(H,33,34,35,37). The number of carbonyl (C=O) groups excluding carboxylic acids is 1. The Balaban J connectivity index is 1.52. The number of ketones is 1. The molecule has 0 spiro atoms. The normalized spacial score (nSPS) is 15.1. The second-order valence-electron chi connectivity index (χ2n) is 10.3. The summed E-state index contributed by atoms with van der Waals surface area (Å²) in [6.45, 7) is 5.75. The lowest BCUT2D eigenvalue weighted by Crippen LogP contribution is -2.46. The first-order valence-electron chi connectivity index (χ1n) is 12.5. The second kappa shape index (κ2) is 11.1. The molecule has 2 heterocycles. The van der Waals surface area contributed by atoms with Crippen LogP contribution in [0.4, 0.5) is 13.2 Å². The van der Waals surface area contributed by atoms with Gasteiger partial charge in [-0.1, -0.05) is 24.6 Å². The lowest BCUT2D eigenvalue weighted by Gasteiger charge is -2.40. The SMILES string of the molecule is CCC1(COc2ccc(-c3nc(-c4cc(CCC(=O)C(C)(C)C(F)(F)F)ccc4Cl)[nH]c(=O)n3)cc2)COC1. The minimum absolute atomic E-state index is 0.0407. The number of benzene rings is 2. The molecule has 2 aromatic carbocycles. The number of Topliss-reactive ketones (excluding diaryl/α,β-unsaturated/α-hetero) is 1. The van der Waals surface area contributed by atoms with Crippen LogP contribution in [0.5, 0.6) is 5.75 Å². The number of aryl methyl sites for hydroxylation is 1. The van der Waals surface area contributed by atoms with Crippen molar-refractivity contribution in [2.24, 2.45) is 10.8 Å². The van der Waals surface area contributed by atoms with Crippen molar-refractivity contribution in [1.29, 1.82) is 0 Å². The number of nitrogens with zero attached hydrogens (tertiary/aromatic N) is 2. The predicted molar refractivity (Wildman–Crippen MR) is 141 cm³/mol. The van der Waals surface area contributed by atoms with Crippen molar-refractivity contribution in [1.82, 2.24) is 15.0 Å². The Morgan fingerprint density at radius 3 is 2.41 bits per heavy atom. The number of hydrogen-bond acceptors (Lipinski definition) is 6. The van der Waals surface area contributed by atoms with Gasteiger partial charge in [-0.25, -0.2) is 9.78 Å². The lowest BCUT2D eigenvalue weighted by atomic mass is 9.84. The van der Waals surface area contributed by atoms with Gasteiger partial charge in [-0.2, -0.15) is 18.2 Å². The fourth-order valence-corrected chi connectivity index (χ4v) is 4.20. The fraction of sp³-hybridized carbons (Fsp3) is 0.429. The highest BCUT2D eigenvalue weighted by Crippen LogP contribution is 2.39. The van der Waals surface area contributed by atoms with E-state index in [1.54, 1.807) is 42.5 Å². The van der Waals surface area contributed by atoms with Crippen LogP contribution < -0.4 is 10.4 Å². The second-order valence-corrected chi connectivity index (χ2v) is 10.8. The molecule has 0 saturated carbocycles. The van der Waals surface area contributed by atoms with Gasteiger partial charge < -0.3 is 9.47 Å². The molecule has 1 aliphatic rings. The summed E-state index contributed by atoms with van der Waals surface area (Å²) in [6.07, 6.45) is -3.92. The zero-order valence-electron chi connectivity index (χ0n) is 21.8. The van der Waals surface area contributed by atoms with Gasteiger partial charge in [-0.05, 0) is 68.7 Å². The first-order chi connectivity index (χ1) is 18.3. The third-order valence-electron chi connectivity index (χ3n) is 7.21. The van der Waals surface area contributed by atoms with Crippen LogP contribution in [-0.4, -0.2) is 46.7 Å². The molecule has 0 bridgehead atoms. The summed E-state index contributed by atoms with van der Waals surface area (Å²) in [5.41, 5.74) is -1.53. The fourth-order valence-electron chi connectivity index (χ4n) is 4.00. The number of ether oxygens (including phenoxy) is 2. The average Bonchev–Trinajstić information content (AvgIpc) is 2.87. The van der Waals surface area contributed by atoms with Crippen LogP contribution in [0.25, 0.3) is 22.8 Å². The zero-order valence-corrected chi connectivity index (χ0v) is 22.6. The van der Waals surface area contributed by atoms with E-state index in [-0.39, 0.29) is 34.9 Å². The summed E-state index contributed by atoms with van der Waals surface area (Å²) in [6, 6.07) is 11.8. The molecule has 0 amide bonds.